The first-order chi connectivity index (χ1) is 14.1. The number of rotatable bonds is 3. The van der Waals surface area contributed by atoms with Crippen LogP contribution in [0.15, 0.2) is 88.4 Å². The number of halogens is 2. The molecule has 0 saturated heterocycles. The normalized spacial score (nSPS) is 17.1. The summed E-state index contributed by atoms with van der Waals surface area (Å²) >= 11 is 3.44. The second-order valence-corrected chi connectivity index (χ2v) is 8.12. The van der Waals surface area contributed by atoms with Gasteiger partial charge in [0.05, 0.1) is 0 Å². The molecule has 0 spiro atoms. The van der Waals surface area contributed by atoms with Crippen LogP contribution in [0.4, 0.5) is 4.39 Å². The van der Waals surface area contributed by atoms with Gasteiger partial charge in [0.15, 0.2) is 5.78 Å². The molecule has 0 aromatic heterocycles. The molecule has 1 aliphatic rings. The van der Waals surface area contributed by atoms with Crippen molar-refractivity contribution in [3.63, 3.8) is 0 Å². The van der Waals surface area contributed by atoms with Gasteiger partial charge in [-0.1, -0.05) is 64.5 Å². The molecule has 0 bridgehead atoms. The Kier molecular flexibility index (Phi) is 5.86. The van der Waals surface area contributed by atoms with Gasteiger partial charge < -0.3 is 0 Å². The van der Waals surface area contributed by atoms with E-state index in [9.17, 15) is 9.18 Å². The van der Waals surface area contributed by atoms with Gasteiger partial charge in [0.1, 0.15) is 5.82 Å². The summed E-state index contributed by atoms with van der Waals surface area (Å²) in [4.78, 5) is 12.9. The molecule has 29 heavy (non-hydrogen) atoms. The maximum atomic E-state index is 13.1. The minimum atomic E-state index is -0.238. The van der Waals surface area contributed by atoms with Gasteiger partial charge >= 0.3 is 0 Å². The van der Waals surface area contributed by atoms with Crippen LogP contribution in [0.1, 0.15) is 30.4 Å². The van der Waals surface area contributed by atoms with Crippen LogP contribution in [0.2, 0.25) is 0 Å². The zero-order valence-corrected chi connectivity index (χ0v) is 17.5. The van der Waals surface area contributed by atoms with Crippen molar-refractivity contribution >= 4 is 33.9 Å². The number of Topliss-reactive ketones (excluding diaryl/α,β-unsaturated/α-hetero) is 1. The molecule has 0 heterocycles. The lowest BCUT2D eigenvalue weighted by Gasteiger charge is -2.16. The van der Waals surface area contributed by atoms with E-state index in [4.69, 9.17) is 0 Å². The van der Waals surface area contributed by atoms with E-state index in [-0.39, 0.29) is 11.6 Å². The molecule has 0 N–H and O–H groups in total. The van der Waals surface area contributed by atoms with E-state index in [1.54, 1.807) is 12.1 Å². The molecular formula is C26H20BrFO. The topological polar surface area (TPSA) is 17.1 Å². The average molecular weight is 447 g/mol. The van der Waals surface area contributed by atoms with Crippen LogP contribution in [-0.4, -0.2) is 5.78 Å². The van der Waals surface area contributed by atoms with Crippen molar-refractivity contribution in [2.24, 2.45) is 0 Å². The molecule has 0 unspecified atom stereocenters. The third kappa shape index (κ3) is 4.80. The standard InChI is InChI=1S/C26H20BrFO/c27-24-12-6-19(7-13-24)17-23-3-1-2-22(26(23)29)16-18-4-8-20(9-5-18)21-10-14-25(28)15-11-21/h4-17H,1-3H2/b22-16+,23-17+. The highest BCUT2D eigenvalue weighted by atomic mass is 79.9. The third-order valence-electron chi connectivity index (χ3n) is 5.12. The minimum absolute atomic E-state index is 0.141. The molecular weight excluding hydrogens is 427 g/mol. The molecule has 3 aromatic rings. The van der Waals surface area contributed by atoms with Crippen molar-refractivity contribution in [1.82, 2.24) is 0 Å². The predicted molar refractivity (Wildman–Crippen MR) is 121 cm³/mol. The first-order valence-corrected chi connectivity index (χ1v) is 10.5. The largest absolute Gasteiger partial charge is 0.289 e. The Bertz CT molecular complexity index is 1080. The van der Waals surface area contributed by atoms with Gasteiger partial charge in [-0.05, 0) is 77.9 Å². The van der Waals surface area contributed by atoms with E-state index in [1.807, 2.05) is 60.7 Å². The zero-order valence-electron chi connectivity index (χ0n) is 15.9. The average Bonchev–Trinajstić information content (AvgIpc) is 2.74. The second kappa shape index (κ2) is 8.71. The van der Waals surface area contributed by atoms with Gasteiger partial charge in [0.2, 0.25) is 0 Å². The molecule has 1 saturated carbocycles. The smallest absolute Gasteiger partial charge is 0.185 e. The van der Waals surface area contributed by atoms with Crippen LogP contribution >= 0.6 is 15.9 Å². The number of carbonyl (C=O) groups excluding carboxylic acids is 1. The Morgan fingerprint density at radius 3 is 1.66 bits per heavy atom. The quantitative estimate of drug-likeness (QED) is 0.381. The molecule has 4 rings (SSSR count). The van der Waals surface area contributed by atoms with Crippen molar-refractivity contribution < 1.29 is 9.18 Å². The fourth-order valence-corrected chi connectivity index (χ4v) is 3.82. The highest BCUT2D eigenvalue weighted by molar-refractivity contribution is 9.10. The Balaban J connectivity index is 1.54. The van der Waals surface area contributed by atoms with Gasteiger partial charge in [0.25, 0.3) is 0 Å². The van der Waals surface area contributed by atoms with Crippen molar-refractivity contribution in [2.45, 2.75) is 19.3 Å². The Morgan fingerprint density at radius 1 is 0.690 bits per heavy atom. The van der Waals surface area contributed by atoms with Crippen LogP contribution < -0.4 is 0 Å². The van der Waals surface area contributed by atoms with Crippen molar-refractivity contribution in [3.05, 3.63) is 105 Å². The fraction of sp³-hybridized carbons (Fsp3) is 0.115. The van der Waals surface area contributed by atoms with E-state index >= 15 is 0 Å². The molecule has 0 radical (unpaired) electrons. The summed E-state index contributed by atoms with van der Waals surface area (Å²) in [5, 5.41) is 0. The van der Waals surface area contributed by atoms with Crippen LogP contribution in [0.5, 0.6) is 0 Å². The van der Waals surface area contributed by atoms with E-state index in [0.29, 0.717) is 0 Å². The summed E-state index contributed by atoms with van der Waals surface area (Å²) in [6.07, 6.45) is 6.59. The zero-order chi connectivity index (χ0) is 20.2. The van der Waals surface area contributed by atoms with Crippen LogP contribution in [0, 0.1) is 5.82 Å². The summed E-state index contributed by atoms with van der Waals surface area (Å²) in [5.74, 6) is -0.0975. The van der Waals surface area contributed by atoms with Gasteiger partial charge in [-0.2, -0.15) is 0 Å². The van der Waals surface area contributed by atoms with E-state index in [1.165, 1.54) is 12.1 Å². The molecule has 3 heteroatoms. The maximum absolute atomic E-state index is 13.1. The third-order valence-corrected chi connectivity index (χ3v) is 5.64. The first kappa shape index (κ1) is 19.5. The Hall–Kier alpha value is -2.78. The fourth-order valence-electron chi connectivity index (χ4n) is 3.55. The highest BCUT2D eigenvalue weighted by Gasteiger charge is 2.20. The van der Waals surface area contributed by atoms with E-state index < -0.39 is 0 Å². The van der Waals surface area contributed by atoms with Crippen molar-refractivity contribution in [3.8, 4) is 11.1 Å². The second-order valence-electron chi connectivity index (χ2n) is 7.20. The van der Waals surface area contributed by atoms with Crippen molar-refractivity contribution in [2.75, 3.05) is 0 Å². The summed E-state index contributed by atoms with van der Waals surface area (Å²) in [6.45, 7) is 0. The number of carbonyl (C=O) groups is 1. The molecule has 1 fully saturated rings. The molecule has 3 aromatic carbocycles. The summed E-state index contributed by atoms with van der Waals surface area (Å²) < 4.78 is 14.1. The predicted octanol–water partition coefficient (Wildman–Crippen LogP) is 7.48. The van der Waals surface area contributed by atoms with Crippen molar-refractivity contribution in [1.29, 1.82) is 0 Å². The Morgan fingerprint density at radius 2 is 1.14 bits per heavy atom. The molecule has 1 aliphatic carbocycles. The monoisotopic (exact) mass is 446 g/mol. The van der Waals surface area contributed by atoms with Gasteiger partial charge in [-0.3, -0.25) is 4.79 Å². The highest BCUT2D eigenvalue weighted by Crippen LogP contribution is 2.29. The van der Waals surface area contributed by atoms with Gasteiger partial charge in [-0.15, -0.1) is 0 Å². The molecule has 144 valence electrons. The number of benzene rings is 3. The first-order valence-electron chi connectivity index (χ1n) is 9.66. The van der Waals surface area contributed by atoms with E-state index in [0.717, 1.165) is 57.1 Å². The summed E-state index contributed by atoms with van der Waals surface area (Å²) in [7, 11) is 0. The molecule has 0 atom stereocenters. The SMILES string of the molecule is O=C1/C(=C/c2ccc(Br)cc2)CCC/C1=C\c1ccc(-c2ccc(F)cc2)cc1. The summed E-state index contributed by atoms with van der Waals surface area (Å²) in [5.41, 5.74) is 5.77. The molecule has 1 nitrogen and oxygen atoms in total. The van der Waals surface area contributed by atoms with Crippen LogP contribution in [0.3, 0.4) is 0 Å². The number of allylic oxidation sites excluding steroid dienone is 2. The Labute approximate surface area is 178 Å². The van der Waals surface area contributed by atoms with Crippen LogP contribution in [-0.2, 0) is 4.79 Å². The number of hydrogen-bond donors (Lipinski definition) is 0. The van der Waals surface area contributed by atoms with E-state index in [2.05, 4.69) is 15.9 Å². The van der Waals surface area contributed by atoms with Gasteiger partial charge in [0, 0.05) is 15.6 Å². The van der Waals surface area contributed by atoms with Crippen LogP contribution in [0.25, 0.3) is 23.3 Å². The lowest BCUT2D eigenvalue weighted by Crippen LogP contribution is -2.12. The lowest BCUT2D eigenvalue weighted by atomic mass is 9.86. The number of ketones is 1. The van der Waals surface area contributed by atoms with Gasteiger partial charge in [-0.25, -0.2) is 4.39 Å². The minimum Gasteiger partial charge on any atom is -0.289 e. The number of hydrogen-bond acceptors (Lipinski definition) is 1. The summed E-state index contributed by atoms with van der Waals surface area (Å²) in [6, 6.07) is 22.5. The lowest BCUT2D eigenvalue weighted by molar-refractivity contribution is -0.112. The maximum Gasteiger partial charge on any atom is 0.185 e. The molecule has 0 amide bonds. The molecule has 0 aliphatic heterocycles.